The van der Waals surface area contributed by atoms with E-state index in [1.54, 1.807) is 4.68 Å². The maximum Gasteiger partial charge on any atom is 0.247 e. The second-order valence-corrected chi connectivity index (χ2v) is 10.9. The Bertz CT molecular complexity index is 1750. The number of piperazine rings is 1. The lowest BCUT2D eigenvalue weighted by atomic mass is 9.96. The van der Waals surface area contributed by atoms with Gasteiger partial charge in [0.1, 0.15) is 5.65 Å². The molecular weight excluding hydrogens is 510 g/mol. The Balaban J connectivity index is 1.47. The predicted molar refractivity (Wildman–Crippen MR) is 167 cm³/mol. The third kappa shape index (κ3) is 5.14. The number of H-pyrrole nitrogens is 1. The number of carbonyl (C=O) groups excluding carboxylic acids is 1. The van der Waals surface area contributed by atoms with Crippen molar-refractivity contribution in [2.45, 2.75) is 19.9 Å². The predicted octanol–water partition coefficient (Wildman–Crippen LogP) is 5.87. The van der Waals surface area contributed by atoms with E-state index in [0.717, 1.165) is 75.6 Å². The molecule has 1 saturated heterocycles. The van der Waals surface area contributed by atoms with Crippen LogP contribution in [0.1, 0.15) is 12.5 Å². The van der Waals surface area contributed by atoms with Gasteiger partial charge in [0.25, 0.3) is 0 Å². The summed E-state index contributed by atoms with van der Waals surface area (Å²) in [7, 11) is 4.10. The van der Waals surface area contributed by atoms with Crippen LogP contribution in [-0.4, -0.2) is 63.3 Å². The van der Waals surface area contributed by atoms with Crippen molar-refractivity contribution < 1.29 is 4.79 Å². The summed E-state index contributed by atoms with van der Waals surface area (Å²) >= 11 is 0. The molecule has 0 radical (unpaired) electrons. The summed E-state index contributed by atoms with van der Waals surface area (Å²) in [6, 6.07) is 19.6. The van der Waals surface area contributed by atoms with Gasteiger partial charge in [0.05, 0.1) is 11.4 Å². The highest BCUT2D eigenvalue weighted by Crippen LogP contribution is 2.40. The van der Waals surface area contributed by atoms with Crippen LogP contribution >= 0.6 is 0 Å². The molecule has 0 aliphatic carbocycles. The highest BCUT2D eigenvalue weighted by atomic mass is 16.1. The van der Waals surface area contributed by atoms with E-state index in [1.807, 2.05) is 44.6 Å². The number of amides is 1. The number of pyridine rings is 1. The summed E-state index contributed by atoms with van der Waals surface area (Å²) in [5.74, 6) is -0.239. The first kappa shape index (κ1) is 26.5. The summed E-state index contributed by atoms with van der Waals surface area (Å²) in [5, 5.41) is 8.54. The number of carbonyl (C=O) groups is 1. The summed E-state index contributed by atoms with van der Waals surface area (Å²) in [6.07, 6.45) is 5.08. The second-order valence-electron chi connectivity index (χ2n) is 10.9. The van der Waals surface area contributed by atoms with Gasteiger partial charge in [-0.05, 0) is 74.0 Å². The molecule has 5 aromatic rings. The topological polar surface area (TPSA) is 82.1 Å². The summed E-state index contributed by atoms with van der Waals surface area (Å²) in [6.45, 7) is 10.9. The molecule has 1 amide bonds. The van der Waals surface area contributed by atoms with Gasteiger partial charge in [0.2, 0.25) is 5.91 Å². The molecule has 1 aliphatic rings. The van der Waals surface area contributed by atoms with Crippen molar-refractivity contribution in [2.24, 2.45) is 7.05 Å². The molecule has 6 rings (SSSR count). The van der Waals surface area contributed by atoms with Gasteiger partial charge in [0.15, 0.2) is 0 Å². The third-order valence-electron chi connectivity index (χ3n) is 8.11. The minimum absolute atomic E-state index is 0.239. The van der Waals surface area contributed by atoms with Crippen molar-refractivity contribution in [3.05, 3.63) is 85.2 Å². The number of aromatic nitrogens is 4. The van der Waals surface area contributed by atoms with E-state index in [-0.39, 0.29) is 5.91 Å². The zero-order chi connectivity index (χ0) is 28.7. The van der Waals surface area contributed by atoms with E-state index in [1.165, 1.54) is 11.8 Å². The van der Waals surface area contributed by atoms with Crippen LogP contribution < -0.4 is 10.2 Å². The van der Waals surface area contributed by atoms with Crippen LogP contribution in [0.5, 0.6) is 0 Å². The third-order valence-corrected chi connectivity index (χ3v) is 8.11. The van der Waals surface area contributed by atoms with E-state index < -0.39 is 0 Å². The van der Waals surface area contributed by atoms with Gasteiger partial charge >= 0.3 is 0 Å². The molecule has 8 nitrogen and oxygen atoms in total. The Kier molecular flexibility index (Phi) is 6.93. The maximum atomic E-state index is 12.2. The fourth-order valence-electron chi connectivity index (χ4n) is 5.51. The largest absolute Gasteiger partial charge is 0.369 e. The number of anilines is 2. The van der Waals surface area contributed by atoms with Crippen LogP contribution in [0.3, 0.4) is 0 Å². The Morgan fingerprint density at radius 3 is 2.54 bits per heavy atom. The number of fused-ring (bicyclic) bond motifs is 1. The van der Waals surface area contributed by atoms with Crippen molar-refractivity contribution in [3.8, 4) is 33.6 Å². The number of likely N-dealkylation sites (N-methyl/N-ethyl adjacent to an activating group) is 1. The minimum Gasteiger partial charge on any atom is -0.369 e. The number of aromatic amines is 1. The highest BCUT2D eigenvalue weighted by Gasteiger charge is 2.22. The number of benzene rings is 2. The van der Waals surface area contributed by atoms with Gasteiger partial charge in [-0.1, -0.05) is 30.8 Å². The molecule has 3 aromatic heterocycles. The molecule has 2 N–H and O–H groups in total. The van der Waals surface area contributed by atoms with Gasteiger partial charge in [0, 0.05) is 73.0 Å². The lowest BCUT2D eigenvalue weighted by molar-refractivity contribution is -0.111. The Morgan fingerprint density at radius 1 is 1.05 bits per heavy atom. The lowest BCUT2D eigenvalue weighted by Crippen LogP contribution is -2.50. The number of hydrogen-bond acceptors (Lipinski definition) is 5. The van der Waals surface area contributed by atoms with Crippen LogP contribution in [0, 0.1) is 6.92 Å². The standard InChI is InChI=1S/C33H35N7O/c1-6-30(41)35-29-18-24(8-7-21(29)2)31-27-17-25(28-13-14-39(5)37-28)19-34-33(27)36-32(31)23-9-11-26(12-10-23)40-16-15-38(4)22(3)20-40/h6-14,17-19,22H,1,15-16,20H2,2-5H3,(H,34,36)(H,35,41)/t22-/m1/s1. The number of hydrogen-bond donors (Lipinski definition) is 2. The number of rotatable bonds is 6. The average Bonchev–Trinajstić information content (AvgIpc) is 3.59. The van der Waals surface area contributed by atoms with Crippen molar-refractivity contribution in [2.75, 3.05) is 36.9 Å². The van der Waals surface area contributed by atoms with Crippen LogP contribution in [-0.2, 0) is 11.8 Å². The fraction of sp³-hybridized carbons (Fsp3) is 0.242. The highest BCUT2D eigenvalue weighted by molar-refractivity contribution is 6.05. The Hall–Kier alpha value is -4.69. The zero-order valence-corrected chi connectivity index (χ0v) is 24.0. The second kappa shape index (κ2) is 10.7. The van der Waals surface area contributed by atoms with Gasteiger partial charge < -0.3 is 20.1 Å². The molecule has 208 valence electrons. The summed E-state index contributed by atoms with van der Waals surface area (Å²) < 4.78 is 1.79. The number of aryl methyl sites for hydroxylation is 2. The molecule has 1 fully saturated rings. The molecule has 4 heterocycles. The van der Waals surface area contributed by atoms with E-state index >= 15 is 0 Å². The van der Waals surface area contributed by atoms with E-state index in [0.29, 0.717) is 6.04 Å². The molecule has 8 heteroatoms. The van der Waals surface area contributed by atoms with Gasteiger partial charge in [-0.15, -0.1) is 0 Å². The summed E-state index contributed by atoms with van der Waals surface area (Å²) in [4.78, 5) is 25.4. The molecule has 1 atom stereocenters. The maximum absolute atomic E-state index is 12.2. The van der Waals surface area contributed by atoms with Crippen molar-refractivity contribution in [1.29, 1.82) is 0 Å². The Labute approximate surface area is 240 Å². The van der Waals surface area contributed by atoms with Gasteiger partial charge in [-0.3, -0.25) is 9.48 Å². The normalized spacial score (nSPS) is 15.8. The van der Waals surface area contributed by atoms with E-state index in [9.17, 15) is 4.79 Å². The lowest BCUT2D eigenvalue weighted by Gasteiger charge is -2.39. The molecule has 0 saturated carbocycles. The zero-order valence-electron chi connectivity index (χ0n) is 24.0. The van der Waals surface area contributed by atoms with Crippen LogP contribution in [0.4, 0.5) is 11.4 Å². The average molecular weight is 546 g/mol. The van der Waals surface area contributed by atoms with Gasteiger partial charge in [-0.2, -0.15) is 5.10 Å². The minimum atomic E-state index is -0.239. The van der Waals surface area contributed by atoms with Crippen molar-refractivity contribution >= 4 is 28.3 Å². The van der Waals surface area contributed by atoms with Crippen LogP contribution in [0.25, 0.3) is 44.7 Å². The monoisotopic (exact) mass is 545 g/mol. The molecule has 41 heavy (non-hydrogen) atoms. The molecular formula is C33H35N7O. The molecule has 0 spiro atoms. The first-order valence-electron chi connectivity index (χ1n) is 13.9. The van der Waals surface area contributed by atoms with Crippen molar-refractivity contribution in [3.63, 3.8) is 0 Å². The molecule has 0 bridgehead atoms. The summed E-state index contributed by atoms with van der Waals surface area (Å²) in [5.41, 5.74) is 9.61. The van der Waals surface area contributed by atoms with E-state index in [4.69, 9.17) is 4.98 Å². The molecule has 0 unspecified atom stereocenters. The van der Waals surface area contributed by atoms with Gasteiger partial charge in [-0.25, -0.2) is 4.98 Å². The number of nitrogens with zero attached hydrogens (tertiary/aromatic N) is 5. The quantitative estimate of drug-likeness (QED) is 0.261. The molecule has 1 aliphatic heterocycles. The van der Waals surface area contributed by atoms with Crippen LogP contribution in [0.2, 0.25) is 0 Å². The number of nitrogens with one attached hydrogen (secondary N) is 2. The van der Waals surface area contributed by atoms with Crippen LogP contribution in [0.15, 0.2) is 79.6 Å². The SMILES string of the molecule is C=CC(=O)Nc1cc(-c2c(-c3ccc(N4CCN(C)[C@H](C)C4)cc3)[nH]c3ncc(-c4ccn(C)n4)cc23)ccc1C. The smallest absolute Gasteiger partial charge is 0.247 e. The molecule has 2 aromatic carbocycles. The Morgan fingerprint density at radius 2 is 1.83 bits per heavy atom. The first-order valence-corrected chi connectivity index (χ1v) is 13.9. The van der Waals surface area contributed by atoms with Crippen molar-refractivity contribution in [1.82, 2.24) is 24.6 Å². The van der Waals surface area contributed by atoms with E-state index in [2.05, 4.69) is 82.1 Å². The fourth-order valence-corrected chi connectivity index (χ4v) is 5.51. The first-order chi connectivity index (χ1) is 19.8.